The number of hydrogen-bond acceptors (Lipinski definition) is 4. The zero-order valence-corrected chi connectivity index (χ0v) is 9.02. The molecule has 0 radical (unpaired) electrons. The van der Waals surface area contributed by atoms with E-state index in [1.165, 1.54) is 6.07 Å². The molecule has 0 bridgehead atoms. The Bertz CT molecular complexity index is 566. The van der Waals surface area contributed by atoms with E-state index in [4.69, 9.17) is 0 Å². The molecule has 0 amide bonds. The summed E-state index contributed by atoms with van der Waals surface area (Å²) in [5, 5.41) is 14.4. The van der Waals surface area contributed by atoms with Gasteiger partial charge in [0.25, 0.3) is 5.69 Å². The summed E-state index contributed by atoms with van der Waals surface area (Å²) in [6.07, 6.45) is 0. The molecule has 0 saturated heterocycles. The van der Waals surface area contributed by atoms with Gasteiger partial charge in [-0.1, -0.05) is 0 Å². The van der Waals surface area contributed by atoms with Gasteiger partial charge in [0.2, 0.25) is 0 Å². The maximum absolute atomic E-state index is 10.7. The number of nitro groups is 1. The zero-order valence-electron chi connectivity index (χ0n) is 9.02. The van der Waals surface area contributed by atoms with Gasteiger partial charge in [0.05, 0.1) is 10.4 Å². The van der Waals surface area contributed by atoms with Crippen LogP contribution in [0.15, 0.2) is 24.3 Å². The molecule has 16 heavy (non-hydrogen) atoms. The van der Waals surface area contributed by atoms with Crippen LogP contribution in [-0.4, -0.2) is 17.0 Å². The van der Waals surface area contributed by atoms with Gasteiger partial charge in [-0.05, 0) is 24.6 Å². The molecule has 0 aliphatic carbocycles. The number of aromatic nitrogens is 1. The summed E-state index contributed by atoms with van der Waals surface area (Å²) in [5.74, 6) is 0.763. The number of benzene rings is 1. The third-order valence-electron chi connectivity index (χ3n) is 2.47. The minimum absolute atomic E-state index is 0.0922. The summed E-state index contributed by atoms with van der Waals surface area (Å²) >= 11 is 0. The van der Waals surface area contributed by atoms with Crippen LogP contribution in [-0.2, 0) is 0 Å². The van der Waals surface area contributed by atoms with E-state index in [9.17, 15) is 10.1 Å². The van der Waals surface area contributed by atoms with Crippen molar-refractivity contribution in [3.63, 3.8) is 0 Å². The van der Waals surface area contributed by atoms with Gasteiger partial charge >= 0.3 is 0 Å². The van der Waals surface area contributed by atoms with E-state index in [0.29, 0.717) is 0 Å². The van der Waals surface area contributed by atoms with Crippen LogP contribution in [0.4, 0.5) is 11.5 Å². The average molecular weight is 217 g/mol. The first-order chi connectivity index (χ1) is 7.61. The quantitative estimate of drug-likeness (QED) is 0.619. The van der Waals surface area contributed by atoms with Crippen molar-refractivity contribution in [1.82, 2.24) is 4.98 Å². The highest BCUT2D eigenvalue weighted by Gasteiger charge is 2.09. The molecule has 82 valence electrons. The van der Waals surface area contributed by atoms with Crippen molar-refractivity contribution in [2.24, 2.45) is 0 Å². The standard InChI is InChI=1S/C11H11N3O2/c1-7-5-11(12-2)13-10-4-3-8(14(15)16)6-9(7)10/h3-6H,1-2H3,(H,12,13). The lowest BCUT2D eigenvalue weighted by atomic mass is 10.1. The van der Waals surface area contributed by atoms with Crippen molar-refractivity contribution in [2.45, 2.75) is 6.92 Å². The van der Waals surface area contributed by atoms with Crippen LogP contribution in [0.25, 0.3) is 10.9 Å². The highest BCUT2D eigenvalue weighted by atomic mass is 16.6. The summed E-state index contributed by atoms with van der Waals surface area (Å²) in [6, 6.07) is 6.55. The fraction of sp³-hybridized carbons (Fsp3) is 0.182. The monoisotopic (exact) mass is 217 g/mol. The number of aryl methyl sites for hydroxylation is 1. The molecule has 1 heterocycles. The third kappa shape index (κ3) is 1.67. The molecule has 0 aliphatic heterocycles. The van der Waals surface area contributed by atoms with Crippen LogP contribution in [0.5, 0.6) is 0 Å². The molecule has 0 unspecified atom stereocenters. The maximum Gasteiger partial charge on any atom is 0.270 e. The lowest BCUT2D eigenvalue weighted by Crippen LogP contribution is -1.95. The van der Waals surface area contributed by atoms with Gasteiger partial charge in [0.15, 0.2) is 0 Å². The van der Waals surface area contributed by atoms with Crippen molar-refractivity contribution in [3.8, 4) is 0 Å². The Hall–Kier alpha value is -2.17. The first-order valence-electron chi connectivity index (χ1n) is 4.85. The van der Waals surface area contributed by atoms with E-state index < -0.39 is 4.92 Å². The molecule has 1 N–H and O–H groups in total. The highest BCUT2D eigenvalue weighted by molar-refractivity contribution is 5.85. The Kier molecular flexibility index (Phi) is 2.44. The van der Waals surface area contributed by atoms with Crippen LogP contribution < -0.4 is 5.32 Å². The van der Waals surface area contributed by atoms with Crippen molar-refractivity contribution in [3.05, 3.63) is 39.9 Å². The van der Waals surface area contributed by atoms with E-state index in [1.807, 2.05) is 13.0 Å². The molecular formula is C11H11N3O2. The summed E-state index contributed by atoms with van der Waals surface area (Å²) in [4.78, 5) is 14.6. The van der Waals surface area contributed by atoms with Crippen molar-refractivity contribution < 1.29 is 4.92 Å². The fourth-order valence-electron chi connectivity index (χ4n) is 1.62. The van der Waals surface area contributed by atoms with Gasteiger partial charge in [-0.2, -0.15) is 0 Å². The predicted octanol–water partition coefficient (Wildman–Crippen LogP) is 2.49. The van der Waals surface area contributed by atoms with Gasteiger partial charge in [0, 0.05) is 24.6 Å². The van der Waals surface area contributed by atoms with Gasteiger partial charge in [-0.3, -0.25) is 10.1 Å². The van der Waals surface area contributed by atoms with Crippen molar-refractivity contribution >= 4 is 22.4 Å². The van der Waals surface area contributed by atoms with E-state index in [2.05, 4.69) is 10.3 Å². The second-order valence-corrected chi connectivity index (χ2v) is 3.53. The van der Waals surface area contributed by atoms with Crippen LogP contribution in [0.3, 0.4) is 0 Å². The first-order valence-corrected chi connectivity index (χ1v) is 4.85. The molecule has 0 fully saturated rings. The first kappa shape index (κ1) is 10.4. The molecule has 5 heteroatoms. The third-order valence-corrected chi connectivity index (χ3v) is 2.47. The molecule has 1 aromatic heterocycles. The minimum Gasteiger partial charge on any atom is -0.373 e. The van der Waals surface area contributed by atoms with Crippen LogP contribution in [0.2, 0.25) is 0 Å². The number of pyridine rings is 1. The Morgan fingerprint density at radius 2 is 2.12 bits per heavy atom. The van der Waals surface area contributed by atoms with Gasteiger partial charge in [-0.15, -0.1) is 0 Å². The fourth-order valence-corrected chi connectivity index (χ4v) is 1.62. The Morgan fingerprint density at radius 3 is 2.75 bits per heavy atom. The number of anilines is 1. The zero-order chi connectivity index (χ0) is 11.7. The Morgan fingerprint density at radius 1 is 1.38 bits per heavy atom. The van der Waals surface area contributed by atoms with E-state index in [0.717, 1.165) is 22.3 Å². The van der Waals surface area contributed by atoms with E-state index >= 15 is 0 Å². The smallest absolute Gasteiger partial charge is 0.270 e. The number of hydrogen-bond donors (Lipinski definition) is 1. The molecular weight excluding hydrogens is 206 g/mol. The largest absolute Gasteiger partial charge is 0.373 e. The summed E-state index contributed by atoms with van der Waals surface area (Å²) < 4.78 is 0. The van der Waals surface area contributed by atoms with Crippen LogP contribution in [0.1, 0.15) is 5.56 Å². The van der Waals surface area contributed by atoms with Gasteiger partial charge < -0.3 is 5.32 Å². The molecule has 0 atom stereocenters. The summed E-state index contributed by atoms with van der Waals surface area (Å²) in [7, 11) is 1.79. The number of nitro benzene ring substituents is 1. The van der Waals surface area contributed by atoms with Crippen LogP contribution in [0, 0.1) is 17.0 Å². The molecule has 5 nitrogen and oxygen atoms in total. The second kappa shape index (κ2) is 3.77. The number of nitrogens with zero attached hydrogens (tertiary/aromatic N) is 2. The molecule has 0 saturated carbocycles. The van der Waals surface area contributed by atoms with E-state index in [-0.39, 0.29) is 5.69 Å². The lowest BCUT2D eigenvalue weighted by Gasteiger charge is -2.05. The minimum atomic E-state index is -0.398. The molecule has 2 rings (SSSR count). The van der Waals surface area contributed by atoms with Crippen molar-refractivity contribution in [2.75, 3.05) is 12.4 Å². The molecule has 2 aromatic rings. The molecule has 1 aromatic carbocycles. The number of fused-ring (bicyclic) bond motifs is 1. The topological polar surface area (TPSA) is 68.1 Å². The maximum atomic E-state index is 10.7. The number of nitrogens with one attached hydrogen (secondary N) is 1. The normalized spacial score (nSPS) is 10.4. The van der Waals surface area contributed by atoms with E-state index in [1.54, 1.807) is 19.2 Å². The Labute approximate surface area is 92.3 Å². The van der Waals surface area contributed by atoms with Gasteiger partial charge in [-0.25, -0.2) is 4.98 Å². The summed E-state index contributed by atoms with van der Waals surface area (Å²) in [6.45, 7) is 1.91. The molecule has 0 spiro atoms. The van der Waals surface area contributed by atoms with Crippen molar-refractivity contribution in [1.29, 1.82) is 0 Å². The van der Waals surface area contributed by atoms with Crippen LogP contribution >= 0.6 is 0 Å². The lowest BCUT2D eigenvalue weighted by molar-refractivity contribution is -0.384. The highest BCUT2D eigenvalue weighted by Crippen LogP contribution is 2.24. The predicted molar refractivity (Wildman–Crippen MR) is 62.7 cm³/mol. The second-order valence-electron chi connectivity index (χ2n) is 3.53. The van der Waals surface area contributed by atoms with Gasteiger partial charge in [0.1, 0.15) is 5.82 Å². The Balaban J connectivity index is 2.70. The summed E-state index contributed by atoms with van der Waals surface area (Å²) in [5.41, 5.74) is 1.82. The molecule has 0 aliphatic rings. The average Bonchev–Trinajstić information content (AvgIpc) is 2.28. The number of rotatable bonds is 2. The SMILES string of the molecule is CNc1cc(C)c2cc([N+](=O)[O-])ccc2n1. The number of non-ortho nitro benzene ring substituents is 1.